The number of Topliss-reactive ketones (excluding diaryl/α,β-unsaturated/α-hetero) is 1. The standard InChI is InChI=1S/C18H16O2S/c1-2-20-15-7-5-6-13(10-15)17(19)11-14-12-21-18-9-4-3-8-16(14)18/h3-10,12H,2,11H2,1H3. The first-order valence-electron chi connectivity index (χ1n) is 6.99. The topological polar surface area (TPSA) is 26.3 Å². The van der Waals surface area contributed by atoms with Gasteiger partial charge in [-0.3, -0.25) is 4.79 Å². The van der Waals surface area contributed by atoms with Crippen molar-refractivity contribution in [3.63, 3.8) is 0 Å². The number of carbonyl (C=O) groups excluding carboxylic acids is 1. The van der Waals surface area contributed by atoms with Gasteiger partial charge >= 0.3 is 0 Å². The van der Waals surface area contributed by atoms with E-state index in [0.29, 0.717) is 18.6 Å². The summed E-state index contributed by atoms with van der Waals surface area (Å²) in [6.45, 7) is 2.54. The Morgan fingerprint density at radius 3 is 2.86 bits per heavy atom. The molecule has 0 aliphatic carbocycles. The average molecular weight is 296 g/mol. The Bertz CT molecular complexity index is 773. The fourth-order valence-corrected chi connectivity index (χ4v) is 3.33. The van der Waals surface area contributed by atoms with Gasteiger partial charge in [0.05, 0.1) is 6.61 Å². The number of thiophene rings is 1. The number of ketones is 1. The fourth-order valence-electron chi connectivity index (χ4n) is 2.37. The number of ether oxygens (including phenoxy) is 1. The van der Waals surface area contributed by atoms with E-state index in [1.807, 2.05) is 43.3 Å². The van der Waals surface area contributed by atoms with Crippen molar-refractivity contribution in [2.24, 2.45) is 0 Å². The molecule has 106 valence electrons. The molecule has 0 N–H and O–H groups in total. The van der Waals surface area contributed by atoms with Gasteiger partial charge < -0.3 is 4.74 Å². The smallest absolute Gasteiger partial charge is 0.167 e. The third-order valence-electron chi connectivity index (χ3n) is 3.38. The van der Waals surface area contributed by atoms with Crippen LogP contribution in [0.5, 0.6) is 5.75 Å². The van der Waals surface area contributed by atoms with E-state index in [2.05, 4.69) is 17.5 Å². The first kappa shape index (κ1) is 13.8. The van der Waals surface area contributed by atoms with Crippen LogP contribution in [0.4, 0.5) is 0 Å². The largest absolute Gasteiger partial charge is 0.494 e. The number of fused-ring (bicyclic) bond motifs is 1. The summed E-state index contributed by atoms with van der Waals surface area (Å²) in [6, 6.07) is 15.6. The molecule has 0 unspecified atom stereocenters. The summed E-state index contributed by atoms with van der Waals surface area (Å²) >= 11 is 1.69. The molecule has 0 radical (unpaired) electrons. The molecule has 0 saturated carbocycles. The van der Waals surface area contributed by atoms with E-state index in [0.717, 1.165) is 11.3 Å². The molecule has 3 heteroatoms. The van der Waals surface area contributed by atoms with Crippen molar-refractivity contribution in [3.05, 3.63) is 65.0 Å². The van der Waals surface area contributed by atoms with Crippen molar-refractivity contribution < 1.29 is 9.53 Å². The predicted octanol–water partition coefficient (Wildman–Crippen LogP) is 4.73. The molecule has 0 aliphatic heterocycles. The molecule has 1 heterocycles. The van der Waals surface area contributed by atoms with E-state index in [1.165, 1.54) is 10.1 Å². The Labute approximate surface area is 128 Å². The van der Waals surface area contributed by atoms with Gasteiger partial charge in [0.1, 0.15) is 5.75 Å². The number of hydrogen-bond donors (Lipinski definition) is 0. The minimum atomic E-state index is 0.125. The van der Waals surface area contributed by atoms with Crippen molar-refractivity contribution in [2.45, 2.75) is 13.3 Å². The molecule has 0 bridgehead atoms. The summed E-state index contributed by atoms with van der Waals surface area (Å²) in [6.07, 6.45) is 0.430. The highest BCUT2D eigenvalue weighted by atomic mass is 32.1. The van der Waals surface area contributed by atoms with E-state index in [4.69, 9.17) is 4.74 Å². The number of carbonyl (C=O) groups is 1. The molecule has 1 aromatic heterocycles. The van der Waals surface area contributed by atoms with Crippen LogP contribution in [0.25, 0.3) is 10.1 Å². The second kappa shape index (κ2) is 6.10. The molecule has 0 amide bonds. The van der Waals surface area contributed by atoms with Crippen LogP contribution in [-0.4, -0.2) is 12.4 Å². The lowest BCUT2D eigenvalue weighted by Gasteiger charge is -2.05. The Morgan fingerprint density at radius 2 is 2.00 bits per heavy atom. The summed E-state index contributed by atoms with van der Waals surface area (Å²) < 4.78 is 6.68. The summed E-state index contributed by atoms with van der Waals surface area (Å²) in [5, 5.41) is 3.26. The van der Waals surface area contributed by atoms with Crippen molar-refractivity contribution in [3.8, 4) is 5.75 Å². The number of hydrogen-bond acceptors (Lipinski definition) is 3. The van der Waals surface area contributed by atoms with Crippen LogP contribution >= 0.6 is 11.3 Å². The maximum atomic E-state index is 12.5. The van der Waals surface area contributed by atoms with Gasteiger partial charge in [0.25, 0.3) is 0 Å². The van der Waals surface area contributed by atoms with Crippen molar-refractivity contribution in [1.29, 1.82) is 0 Å². The lowest BCUT2D eigenvalue weighted by Crippen LogP contribution is -2.03. The molecule has 0 aliphatic rings. The van der Waals surface area contributed by atoms with Crippen LogP contribution in [0.3, 0.4) is 0 Å². The first-order chi connectivity index (χ1) is 10.3. The lowest BCUT2D eigenvalue weighted by molar-refractivity contribution is 0.0993. The zero-order valence-corrected chi connectivity index (χ0v) is 12.7. The van der Waals surface area contributed by atoms with E-state index in [1.54, 1.807) is 11.3 Å². The average Bonchev–Trinajstić information content (AvgIpc) is 2.91. The third-order valence-corrected chi connectivity index (χ3v) is 4.39. The van der Waals surface area contributed by atoms with Gasteiger partial charge in [0.15, 0.2) is 5.78 Å². The quantitative estimate of drug-likeness (QED) is 0.636. The summed E-state index contributed by atoms with van der Waals surface area (Å²) in [5.41, 5.74) is 1.80. The summed E-state index contributed by atoms with van der Waals surface area (Å²) in [7, 11) is 0. The minimum Gasteiger partial charge on any atom is -0.494 e. The van der Waals surface area contributed by atoms with Crippen LogP contribution in [-0.2, 0) is 6.42 Å². The van der Waals surface area contributed by atoms with Crippen LogP contribution in [0.2, 0.25) is 0 Å². The minimum absolute atomic E-state index is 0.125. The van der Waals surface area contributed by atoms with Gasteiger partial charge in [-0.15, -0.1) is 11.3 Å². The molecule has 0 fully saturated rings. The van der Waals surface area contributed by atoms with Crippen molar-refractivity contribution in [2.75, 3.05) is 6.61 Å². The second-order valence-corrected chi connectivity index (χ2v) is 5.73. The normalized spacial score (nSPS) is 10.7. The SMILES string of the molecule is CCOc1cccc(C(=O)Cc2csc3ccccc23)c1. The maximum Gasteiger partial charge on any atom is 0.167 e. The second-order valence-electron chi connectivity index (χ2n) is 4.82. The van der Waals surface area contributed by atoms with E-state index >= 15 is 0 Å². The summed E-state index contributed by atoms with van der Waals surface area (Å²) in [4.78, 5) is 12.5. The molecule has 3 aromatic rings. The van der Waals surface area contributed by atoms with E-state index in [-0.39, 0.29) is 5.78 Å². The molecule has 0 saturated heterocycles. The van der Waals surface area contributed by atoms with E-state index < -0.39 is 0 Å². The van der Waals surface area contributed by atoms with Crippen molar-refractivity contribution in [1.82, 2.24) is 0 Å². The monoisotopic (exact) mass is 296 g/mol. The van der Waals surface area contributed by atoms with Gasteiger partial charge in [-0.2, -0.15) is 0 Å². The fraction of sp³-hybridized carbons (Fsp3) is 0.167. The van der Waals surface area contributed by atoms with Crippen molar-refractivity contribution >= 4 is 27.2 Å². The van der Waals surface area contributed by atoms with Gasteiger partial charge in [0, 0.05) is 16.7 Å². The van der Waals surface area contributed by atoms with Crippen LogP contribution in [0.1, 0.15) is 22.8 Å². The van der Waals surface area contributed by atoms with Crippen LogP contribution in [0, 0.1) is 0 Å². The molecule has 2 nitrogen and oxygen atoms in total. The molecule has 3 rings (SSSR count). The zero-order valence-electron chi connectivity index (χ0n) is 11.8. The Hall–Kier alpha value is -2.13. The third kappa shape index (κ3) is 2.98. The Kier molecular flexibility index (Phi) is 4.02. The zero-order chi connectivity index (χ0) is 14.7. The molecule has 21 heavy (non-hydrogen) atoms. The number of rotatable bonds is 5. The van der Waals surface area contributed by atoms with Gasteiger partial charge in [-0.05, 0) is 41.5 Å². The van der Waals surface area contributed by atoms with Crippen LogP contribution in [0.15, 0.2) is 53.9 Å². The highest BCUT2D eigenvalue weighted by molar-refractivity contribution is 7.17. The number of benzene rings is 2. The molecular formula is C18H16O2S. The highest BCUT2D eigenvalue weighted by Crippen LogP contribution is 2.27. The Morgan fingerprint density at radius 1 is 1.14 bits per heavy atom. The predicted molar refractivity (Wildman–Crippen MR) is 87.5 cm³/mol. The van der Waals surface area contributed by atoms with Gasteiger partial charge in [-0.1, -0.05) is 30.3 Å². The molecule has 0 atom stereocenters. The highest BCUT2D eigenvalue weighted by Gasteiger charge is 2.11. The maximum absolute atomic E-state index is 12.5. The molecule has 2 aromatic carbocycles. The summed E-state index contributed by atoms with van der Waals surface area (Å²) in [5.74, 6) is 0.874. The lowest BCUT2D eigenvalue weighted by atomic mass is 10.0. The molecular weight excluding hydrogens is 280 g/mol. The van der Waals surface area contributed by atoms with Gasteiger partial charge in [0.2, 0.25) is 0 Å². The Balaban J connectivity index is 1.84. The first-order valence-corrected chi connectivity index (χ1v) is 7.87. The van der Waals surface area contributed by atoms with E-state index in [9.17, 15) is 4.79 Å². The molecule has 0 spiro atoms. The van der Waals surface area contributed by atoms with Gasteiger partial charge in [-0.25, -0.2) is 0 Å². The van der Waals surface area contributed by atoms with Crippen LogP contribution < -0.4 is 4.74 Å².